The van der Waals surface area contributed by atoms with Gasteiger partial charge >= 0.3 is 0 Å². The van der Waals surface area contributed by atoms with Gasteiger partial charge in [-0.15, -0.1) is 0 Å². The van der Waals surface area contributed by atoms with E-state index in [-0.39, 0.29) is 0 Å². The SMILES string of the molecule is COc1ccc(OC)c(-c2nn(-c3ccccc3)cc2CNCCCc2ccnn2C)c1. The van der Waals surface area contributed by atoms with Gasteiger partial charge in [0.2, 0.25) is 0 Å². The molecule has 0 fully saturated rings. The molecule has 2 aromatic heterocycles. The smallest absolute Gasteiger partial charge is 0.128 e. The van der Waals surface area contributed by atoms with Crippen LogP contribution in [0.15, 0.2) is 67.0 Å². The Balaban J connectivity index is 1.56. The first-order valence-electron chi connectivity index (χ1n) is 10.7. The second-order valence-corrected chi connectivity index (χ2v) is 7.58. The van der Waals surface area contributed by atoms with Gasteiger partial charge < -0.3 is 14.8 Å². The van der Waals surface area contributed by atoms with Crippen LogP contribution in [0.5, 0.6) is 11.5 Å². The summed E-state index contributed by atoms with van der Waals surface area (Å²) >= 11 is 0. The third-order valence-corrected chi connectivity index (χ3v) is 5.50. The Morgan fingerprint density at radius 3 is 2.56 bits per heavy atom. The Morgan fingerprint density at radius 2 is 1.84 bits per heavy atom. The van der Waals surface area contributed by atoms with Crippen molar-refractivity contribution in [3.63, 3.8) is 0 Å². The van der Waals surface area contributed by atoms with E-state index in [2.05, 4.69) is 22.7 Å². The molecule has 0 atom stereocenters. The van der Waals surface area contributed by atoms with Gasteiger partial charge in [-0.3, -0.25) is 4.68 Å². The molecule has 2 aromatic carbocycles. The molecular formula is C25H29N5O2. The maximum atomic E-state index is 5.63. The van der Waals surface area contributed by atoms with E-state index in [1.54, 1.807) is 14.2 Å². The lowest BCUT2D eigenvalue weighted by molar-refractivity contribution is 0.404. The van der Waals surface area contributed by atoms with E-state index in [0.29, 0.717) is 6.54 Å². The first-order chi connectivity index (χ1) is 15.7. The molecule has 0 aliphatic carbocycles. The minimum Gasteiger partial charge on any atom is -0.497 e. The number of aryl methyl sites for hydroxylation is 2. The number of ether oxygens (including phenoxy) is 2. The fourth-order valence-electron chi connectivity index (χ4n) is 3.74. The van der Waals surface area contributed by atoms with Gasteiger partial charge in [-0.2, -0.15) is 10.2 Å². The minimum absolute atomic E-state index is 0.702. The van der Waals surface area contributed by atoms with Crippen LogP contribution in [0, 0.1) is 0 Å². The van der Waals surface area contributed by atoms with E-state index in [4.69, 9.17) is 14.6 Å². The van der Waals surface area contributed by atoms with Gasteiger partial charge in [0, 0.05) is 42.8 Å². The third-order valence-electron chi connectivity index (χ3n) is 5.50. The molecule has 2 heterocycles. The fourth-order valence-corrected chi connectivity index (χ4v) is 3.74. The first kappa shape index (κ1) is 21.6. The molecule has 0 amide bonds. The summed E-state index contributed by atoms with van der Waals surface area (Å²) in [6.07, 6.45) is 5.94. The van der Waals surface area contributed by atoms with E-state index >= 15 is 0 Å². The first-order valence-corrected chi connectivity index (χ1v) is 10.7. The molecule has 0 unspecified atom stereocenters. The average molecular weight is 432 g/mol. The van der Waals surface area contributed by atoms with Gasteiger partial charge in [0.25, 0.3) is 0 Å². The molecule has 0 radical (unpaired) electrons. The van der Waals surface area contributed by atoms with Crippen LogP contribution < -0.4 is 14.8 Å². The number of benzene rings is 2. The zero-order chi connectivity index (χ0) is 22.3. The minimum atomic E-state index is 0.702. The molecule has 0 bridgehead atoms. The number of methoxy groups -OCH3 is 2. The van der Waals surface area contributed by atoms with Crippen molar-refractivity contribution in [3.05, 3.63) is 78.2 Å². The summed E-state index contributed by atoms with van der Waals surface area (Å²) < 4.78 is 14.9. The van der Waals surface area contributed by atoms with Crippen LogP contribution >= 0.6 is 0 Å². The van der Waals surface area contributed by atoms with Crippen LogP contribution in [0.3, 0.4) is 0 Å². The van der Waals surface area contributed by atoms with Crippen LogP contribution in [0.2, 0.25) is 0 Å². The summed E-state index contributed by atoms with van der Waals surface area (Å²) in [6, 6.07) is 18.0. The summed E-state index contributed by atoms with van der Waals surface area (Å²) in [5, 5.41) is 12.7. The second kappa shape index (κ2) is 10.2. The number of nitrogens with one attached hydrogen (secondary N) is 1. The molecule has 7 heteroatoms. The molecule has 7 nitrogen and oxygen atoms in total. The number of rotatable bonds is 10. The van der Waals surface area contributed by atoms with Gasteiger partial charge in [0.15, 0.2) is 0 Å². The van der Waals surface area contributed by atoms with E-state index in [9.17, 15) is 0 Å². The normalized spacial score (nSPS) is 11.0. The van der Waals surface area contributed by atoms with Gasteiger partial charge in [0.05, 0.1) is 19.9 Å². The summed E-state index contributed by atoms with van der Waals surface area (Å²) in [6.45, 7) is 1.60. The fraction of sp³-hybridized carbons (Fsp3) is 0.280. The zero-order valence-corrected chi connectivity index (χ0v) is 18.8. The Kier molecular flexibility index (Phi) is 6.87. The number of hydrogen-bond donors (Lipinski definition) is 1. The van der Waals surface area contributed by atoms with Crippen molar-refractivity contribution >= 4 is 0 Å². The average Bonchev–Trinajstić information content (AvgIpc) is 3.45. The van der Waals surface area contributed by atoms with Gasteiger partial charge in [0.1, 0.15) is 17.2 Å². The maximum Gasteiger partial charge on any atom is 0.128 e. The monoisotopic (exact) mass is 431 g/mol. The lowest BCUT2D eigenvalue weighted by Crippen LogP contribution is -2.16. The van der Waals surface area contributed by atoms with Crippen molar-refractivity contribution in [2.24, 2.45) is 7.05 Å². The third kappa shape index (κ3) is 4.84. The molecule has 0 spiro atoms. The summed E-state index contributed by atoms with van der Waals surface area (Å²) in [7, 11) is 5.32. The van der Waals surface area contributed by atoms with Crippen molar-refractivity contribution < 1.29 is 9.47 Å². The van der Waals surface area contributed by atoms with Crippen molar-refractivity contribution in [2.75, 3.05) is 20.8 Å². The van der Waals surface area contributed by atoms with Crippen LogP contribution in [-0.4, -0.2) is 40.3 Å². The van der Waals surface area contributed by atoms with Crippen LogP contribution in [-0.2, 0) is 20.0 Å². The van der Waals surface area contributed by atoms with Crippen LogP contribution in [0.4, 0.5) is 0 Å². The highest BCUT2D eigenvalue weighted by Crippen LogP contribution is 2.35. The Labute approximate surface area is 188 Å². The van der Waals surface area contributed by atoms with Gasteiger partial charge in [-0.05, 0) is 55.8 Å². The number of para-hydroxylation sites is 1. The molecule has 32 heavy (non-hydrogen) atoms. The molecule has 0 saturated heterocycles. The van der Waals surface area contributed by atoms with Crippen molar-refractivity contribution in [2.45, 2.75) is 19.4 Å². The van der Waals surface area contributed by atoms with E-state index in [1.807, 2.05) is 71.1 Å². The maximum absolute atomic E-state index is 5.63. The second-order valence-electron chi connectivity index (χ2n) is 7.58. The van der Waals surface area contributed by atoms with Gasteiger partial charge in [-0.1, -0.05) is 18.2 Å². The predicted molar refractivity (Wildman–Crippen MR) is 125 cm³/mol. The molecule has 4 rings (SSSR count). The van der Waals surface area contributed by atoms with Crippen molar-refractivity contribution in [1.29, 1.82) is 0 Å². The number of nitrogens with zero attached hydrogens (tertiary/aromatic N) is 4. The quantitative estimate of drug-likeness (QED) is 0.384. The molecule has 1 N–H and O–H groups in total. The Bertz CT molecular complexity index is 1150. The largest absolute Gasteiger partial charge is 0.497 e. The van der Waals surface area contributed by atoms with Crippen molar-refractivity contribution in [3.8, 4) is 28.4 Å². The zero-order valence-electron chi connectivity index (χ0n) is 18.8. The van der Waals surface area contributed by atoms with E-state index in [1.165, 1.54) is 5.69 Å². The van der Waals surface area contributed by atoms with Crippen LogP contribution in [0.25, 0.3) is 16.9 Å². The summed E-state index contributed by atoms with van der Waals surface area (Å²) in [4.78, 5) is 0. The number of aromatic nitrogens is 4. The van der Waals surface area contributed by atoms with Crippen molar-refractivity contribution in [1.82, 2.24) is 24.9 Å². The Morgan fingerprint density at radius 1 is 1.00 bits per heavy atom. The molecule has 0 aliphatic heterocycles. The molecule has 166 valence electrons. The summed E-state index contributed by atoms with van der Waals surface area (Å²) in [5.41, 5.74) is 5.14. The van der Waals surface area contributed by atoms with E-state index in [0.717, 1.165) is 53.4 Å². The highest BCUT2D eigenvalue weighted by Gasteiger charge is 2.17. The Hall–Kier alpha value is -3.58. The predicted octanol–water partition coefficient (Wildman–Crippen LogP) is 4.01. The molecule has 0 saturated carbocycles. The highest BCUT2D eigenvalue weighted by molar-refractivity contribution is 5.72. The van der Waals surface area contributed by atoms with Crippen LogP contribution in [0.1, 0.15) is 17.7 Å². The number of hydrogen-bond acceptors (Lipinski definition) is 5. The molecular weight excluding hydrogens is 402 g/mol. The molecule has 0 aliphatic rings. The lowest BCUT2D eigenvalue weighted by Gasteiger charge is -2.11. The summed E-state index contributed by atoms with van der Waals surface area (Å²) in [5.74, 6) is 1.53. The highest BCUT2D eigenvalue weighted by atomic mass is 16.5. The molecule has 4 aromatic rings. The standard InChI is InChI=1S/C25H29N5O2/c1-29-20(13-15-27-29)10-7-14-26-17-19-18-30(21-8-5-4-6-9-21)28-25(19)23-16-22(31-2)11-12-24(23)32-3/h4-6,8-9,11-13,15-16,18,26H,7,10,14,17H2,1-3H3. The topological polar surface area (TPSA) is 66.1 Å². The lowest BCUT2D eigenvalue weighted by atomic mass is 10.1. The van der Waals surface area contributed by atoms with Gasteiger partial charge in [-0.25, -0.2) is 4.68 Å². The van der Waals surface area contributed by atoms with E-state index < -0.39 is 0 Å².